The lowest BCUT2D eigenvalue weighted by Crippen LogP contribution is -2.54. The van der Waals surface area contributed by atoms with E-state index in [4.69, 9.17) is 10.5 Å². The van der Waals surface area contributed by atoms with Gasteiger partial charge in [0.2, 0.25) is 5.91 Å². The zero-order chi connectivity index (χ0) is 13.9. The molecule has 2 fully saturated rings. The summed E-state index contributed by atoms with van der Waals surface area (Å²) in [6.45, 7) is 6.42. The Bertz CT molecular complexity index is 311. The largest absolute Gasteiger partial charge is 0.376 e. The second-order valence-corrected chi connectivity index (χ2v) is 6.32. The SMILES string of the molecule is CCN(CC1CCCO1)C(=O)C1CCCCC1(C)N. The average molecular weight is 268 g/mol. The Morgan fingerprint density at radius 2 is 2.16 bits per heavy atom. The van der Waals surface area contributed by atoms with Gasteiger partial charge in [0.05, 0.1) is 12.0 Å². The van der Waals surface area contributed by atoms with Crippen LogP contribution in [0, 0.1) is 5.92 Å². The highest BCUT2D eigenvalue weighted by Gasteiger charge is 2.40. The van der Waals surface area contributed by atoms with Crippen LogP contribution < -0.4 is 5.73 Å². The summed E-state index contributed by atoms with van der Waals surface area (Å²) in [6.07, 6.45) is 6.60. The zero-order valence-corrected chi connectivity index (χ0v) is 12.4. The molecule has 1 saturated carbocycles. The summed E-state index contributed by atoms with van der Waals surface area (Å²) in [5.74, 6) is 0.227. The smallest absolute Gasteiger partial charge is 0.227 e. The number of hydrogen-bond acceptors (Lipinski definition) is 3. The monoisotopic (exact) mass is 268 g/mol. The summed E-state index contributed by atoms with van der Waals surface area (Å²) < 4.78 is 5.65. The van der Waals surface area contributed by atoms with E-state index in [1.807, 2.05) is 18.7 Å². The maximum Gasteiger partial charge on any atom is 0.227 e. The summed E-state index contributed by atoms with van der Waals surface area (Å²) >= 11 is 0. The van der Waals surface area contributed by atoms with Crippen molar-refractivity contribution in [2.75, 3.05) is 19.7 Å². The van der Waals surface area contributed by atoms with Crippen LogP contribution in [0.1, 0.15) is 52.4 Å². The summed E-state index contributed by atoms with van der Waals surface area (Å²) in [5, 5.41) is 0. The number of likely N-dealkylation sites (N-methyl/N-ethyl adjacent to an activating group) is 1. The topological polar surface area (TPSA) is 55.6 Å². The van der Waals surface area contributed by atoms with Crippen LogP contribution in [0.3, 0.4) is 0 Å². The molecule has 0 bridgehead atoms. The van der Waals surface area contributed by atoms with E-state index in [1.54, 1.807) is 0 Å². The van der Waals surface area contributed by atoms with Gasteiger partial charge in [0, 0.05) is 25.2 Å². The van der Waals surface area contributed by atoms with Crippen LogP contribution in [0.5, 0.6) is 0 Å². The predicted octanol–water partition coefficient (Wildman–Crippen LogP) is 1.92. The van der Waals surface area contributed by atoms with Gasteiger partial charge in [-0.2, -0.15) is 0 Å². The van der Waals surface area contributed by atoms with E-state index in [2.05, 4.69) is 0 Å². The van der Waals surface area contributed by atoms with Gasteiger partial charge in [-0.3, -0.25) is 4.79 Å². The van der Waals surface area contributed by atoms with Gasteiger partial charge in [-0.15, -0.1) is 0 Å². The molecule has 19 heavy (non-hydrogen) atoms. The molecule has 4 nitrogen and oxygen atoms in total. The molecule has 2 aliphatic rings. The normalized spacial score (nSPS) is 35.3. The van der Waals surface area contributed by atoms with Gasteiger partial charge in [-0.1, -0.05) is 12.8 Å². The van der Waals surface area contributed by atoms with Gasteiger partial charge < -0.3 is 15.4 Å². The van der Waals surface area contributed by atoms with Crippen molar-refractivity contribution in [1.82, 2.24) is 4.90 Å². The fourth-order valence-electron chi connectivity index (χ4n) is 3.39. The Morgan fingerprint density at radius 3 is 2.74 bits per heavy atom. The number of carbonyl (C=O) groups is 1. The molecule has 110 valence electrons. The number of ether oxygens (including phenoxy) is 1. The number of rotatable bonds is 4. The van der Waals surface area contributed by atoms with E-state index >= 15 is 0 Å². The fraction of sp³-hybridized carbons (Fsp3) is 0.933. The first-order chi connectivity index (χ1) is 9.04. The van der Waals surface area contributed by atoms with Gasteiger partial charge in [0.25, 0.3) is 0 Å². The second-order valence-electron chi connectivity index (χ2n) is 6.32. The van der Waals surface area contributed by atoms with E-state index in [0.717, 1.165) is 58.2 Å². The third-order valence-electron chi connectivity index (χ3n) is 4.69. The molecule has 2 rings (SSSR count). The van der Waals surface area contributed by atoms with Crippen LogP contribution in [-0.4, -0.2) is 42.1 Å². The molecule has 1 heterocycles. The van der Waals surface area contributed by atoms with Crippen molar-refractivity contribution in [3.8, 4) is 0 Å². The summed E-state index contributed by atoms with van der Waals surface area (Å²) in [6, 6.07) is 0. The Kier molecular flexibility index (Phi) is 4.85. The molecule has 0 aromatic heterocycles. The van der Waals surface area contributed by atoms with Crippen LogP contribution >= 0.6 is 0 Å². The molecule has 2 N–H and O–H groups in total. The van der Waals surface area contributed by atoms with Gasteiger partial charge >= 0.3 is 0 Å². The van der Waals surface area contributed by atoms with Gasteiger partial charge in [-0.05, 0) is 39.5 Å². The second kappa shape index (κ2) is 6.23. The van der Waals surface area contributed by atoms with Crippen molar-refractivity contribution in [1.29, 1.82) is 0 Å². The van der Waals surface area contributed by atoms with E-state index in [0.29, 0.717) is 0 Å². The predicted molar refractivity (Wildman–Crippen MR) is 75.8 cm³/mol. The highest BCUT2D eigenvalue weighted by atomic mass is 16.5. The Labute approximate surface area is 116 Å². The van der Waals surface area contributed by atoms with Crippen molar-refractivity contribution < 1.29 is 9.53 Å². The number of hydrogen-bond donors (Lipinski definition) is 1. The standard InChI is InChI=1S/C15H28N2O2/c1-3-17(11-12-7-6-10-19-12)14(18)13-8-4-5-9-15(13,2)16/h12-13H,3-11,16H2,1-2H3. The molecule has 1 saturated heterocycles. The number of carbonyl (C=O) groups excluding carboxylic acids is 1. The maximum absolute atomic E-state index is 12.7. The van der Waals surface area contributed by atoms with Crippen LogP contribution in [0.2, 0.25) is 0 Å². The molecular weight excluding hydrogens is 240 g/mol. The first-order valence-electron chi connectivity index (χ1n) is 7.74. The average Bonchev–Trinajstić information content (AvgIpc) is 2.87. The quantitative estimate of drug-likeness (QED) is 0.847. The van der Waals surface area contributed by atoms with E-state index in [-0.39, 0.29) is 23.5 Å². The summed E-state index contributed by atoms with van der Waals surface area (Å²) in [7, 11) is 0. The minimum Gasteiger partial charge on any atom is -0.376 e. The molecular formula is C15H28N2O2. The number of nitrogens with two attached hydrogens (primary N) is 1. The number of amides is 1. The van der Waals surface area contributed by atoms with Crippen molar-refractivity contribution in [3.63, 3.8) is 0 Å². The lowest BCUT2D eigenvalue weighted by Gasteiger charge is -2.40. The van der Waals surface area contributed by atoms with Gasteiger partial charge in [0.15, 0.2) is 0 Å². The van der Waals surface area contributed by atoms with Crippen molar-refractivity contribution in [2.24, 2.45) is 11.7 Å². The Hall–Kier alpha value is -0.610. The molecule has 0 aromatic carbocycles. The molecule has 1 amide bonds. The third kappa shape index (κ3) is 3.48. The molecule has 0 radical (unpaired) electrons. The Balaban J connectivity index is 1.98. The van der Waals surface area contributed by atoms with E-state index in [9.17, 15) is 4.79 Å². The molecule has 3 unspecified atom stereocenters. The number of nitrogens with zero attached hydrogens (tertiary/aromatic N) is 1. The summed E-state index contributed by atoms with van der Waals surface area (Å²) in [5.41, 5.74) is 6.01. The molecule has 0 aromatic rings. The maximum atomic E-state index is 12.7. The first kappa shape index (κ1) is 14.8. The van der Waals surface area contributed by atoms with Crippen LogP contribution in [-0.2, 0) is 9.53 Å². The molecule has 4 heteroatoms. The lowest BCUT2D eigenvalue weighted by atomic mass is 9.74. The Morgan fingerprint density at radius 1 is 1.37 bits per heavy atom. The van der Waals surface area contributed by atoms with Crippen LogP contribution in [0.4, 0.5) is 0 Å². The molecule has 1 aliphatic carbocycles. The zero-order valence-electron chi connectivity index (χ0n) is 12.4. The third-order valence-corrected chi connectivity index (χ3v) is 4.69. The van der Waals surface area contributed by atoms with E-state index in [1.165, 1.54) is 0 Å². The van der Waals surface area contributed by atoms with Gasteiger partial charge in [-0.25, -0.2) is 0 Å². The molecule has 3 atom stereocenters. The minimum absolute atomic E-state index is 0.0115. The van der Waals surface area contributed by atoms with Crippen molar-refractivity contribution in [3.05, 3.63) is 0 Å². The van der Waals surface area contributed by atoms with Crippen molar-refractivity contribution in [2.45, 2.75) is 64.0 Å². The lowest BCUT2D eigenvalue weighted by molar-refractivity contribution is -0.140. The van der Waals surface area contributed by atoms with Crippen LogP contribution in [0.25, 0.3) is 0 Å². The van der Waals surface area contributed by atoms with Crippen LogP contribution in [0.15, 0.2) is 0 Å². The minimum atomic E-state index is -0.334. The fourth-order valence-corrected chi connectivity index (χ4v) is 3.39. The highest BCUT2D eigenvalue weighted by Crippen LogP contribution is 2.33. The van der Waals surface area contributed by atoms with Gasteiger partial charge in [0.1, 0.15) is 0 Å². The van der Waals surface area contributed by atoms with E-state index < -0.39 is 0 Å². The first-order valence-corrected chi connectivity index (χ1v) is 7.74. The highest BCUT2D eigenvalue weighted by molar-refractivity contribution is 5.80. The van der Waals surface area contributed by atoms with Crippen molar-refractivity contribution >= 4 is 5.91 Å². The molecule has 0 spiro atoms. The molecule has 1 aliphatic heterocycles. The summed E-state index contributed by atoms with van der Waals surface area (Å²) in [4.78, 5) is 14.7.